The molecule has 2 aromatic rings. The Morgan fingerprint density at radius 3 is 2.96 bits per heavy atom. The third kappa shape index (κ3) is 3.44. The molecule has 0 aliphatic carbocycles. The van der Waals surface area contributed by atoms with Gasteiger partial charge in [-0.25, -0.2) is 15.0 Å². The molecule has 0 aromatic carbocycles. The molecular weight excluding hydrogens is 292 g/mol. The molecule has 7 heteroatoms. The molecule has 1 fully saturated rings. The standard InChI is InChI=1S/C16H20N6O/c1-11-19-8-13(9-20-12(2)23)16(21-11)14-4-3-7-22(14)15-10-17-5-6-18-15/h5-6,8,10,14H,3-4,7,9H2,1-2H3,(H,20,23)/t14-/m0/s1. The molecule has 1 atom stereocenters. The number of aryl methyl sites for hydroxylation is 1. The number of nitrogens with zero attached hydrogens (tertiary/aromatic N) is 5. The topological polar surface area (TPSA) is 83.9 Å². The third-order valence-electron chi connectivity index (χ3n) is 3.96. The summed E-state index contributed by atoms with van der Waals surface area (Å²) < 4.78 is 0. The second kappa shape index (κ2) is 6.68. The van der Waals surface area contributed by atoms with Gasteiger partial charge in [0.2, 0.25) is 5.91 Å². The van der Waals surface area contributed by atoms with Crippen LogP contribution in [-0.2, 0) is 11.3 Å². The normalized spacial score (nSPS) is 17.3. The fourth-order valence-corrected chi connectivity index (χ4v) is 2.92. The lowest BCUT2D eigenvalue weighted by Gasteiger charge is -2.26. The molecule has 1 saturated heterocycles. The summed E-state index contributed by atoms with van der Waals surface area (Å²) in [5.41, 5.74) is 1.92. The van der Waals surface area contributed by atoms with Crippen LogP contribution in [0.4, 0.5) is 5.82 Å². The summed E-state index contributed by atoms with van der Waals surface area (Å²) in [5, 5.41) is 2.83. The second-order valence-corrected chi connectivity index (χ2v) is 5.65. The Labute approximate surface area is 135 Å². The van der Waals surface area contributed by atoms with Crippen molar-refractivity contribution in [2.45, 2.75) is 39.3 Å². The first-order valence-electron chi connectivity index (χ1n) is 7.74. The zero-order chi connectivity index (χ0) is 16.2. The first kappa shape index (κ1) is 15.3. The van der Waals surface area contributed by atoms with Gasteiger partial charge in [0.1, 0.15) is 11.6 Å². The molecule has 0 spiro atoms. The van der Waals surface area contributed by atoms with Gasteiger partial charge in [-0.3, -0.25) is 9.78 Å². The zero-order valence-corrected chi connectivity index (χ0v) is 13.4. The van der Waals surface area contributed by atoms with Crippen LogP contribution in [0.3, 0.4) is 0 Å². The van der Waals surface area contributed by atoms with Gasteiger partial charge in [0.15, 0.2) is 0 Å². The minimum atomic E-state index is -0.0614. The summed E-state index contributed by atoms with van der Waals surface area (Å²) in [6.45, 7) is 4.76. The number of rotatable bonds is 4. The molecule has 23 heavy (non-hydrogen) atoms. The monoisotopic (exact) mass is 312 g/mol. The molecule has 0 unspecified atom stereocenters. The average molecular weight is 312 g/mol. The molecule has 120 valence electrons. The summed E-state index contributed by atoms with van der Waals surface area (Å²) in [4.78, 5) is 31.0. The summed E-state index contributed by atoms with van der Waals surface area (Å²) in [5.74, 6) is 1.53. The maximum Gasteiger partial charge on any atom is 0.217 e. The van der Waals surface area contributed by atoms with Gasteiger partial charge in [0.25, 0.3) is 0 Å². The van der Waals surface area contributed by atoms with Gasteiger partial charge in [-0.2, -0.15) is 0 Å². The van der Waals surface area contributed by atoms with Crippen molar-refractivity contribution in [1.82, 2.24) is 25.3 Å². The lowest BCUT2D eigenvalue weighted by Crippen LogP contribution is -2.27. The van der Waals surface area contributed by atoms with Gasteiger partial charge >= 0.3 is 0 Å². The number of nitrogens with one attached hydrogen (secondary N) is 1. The lowest BCUT2D eigenvalue weighted by atomic mass is 10.1. The van der Waals surface area contributed by atoms with Crippen molar-refractivity contribution in [2.75, 3.05) is 11.4 Å². The van der Waals surface area contributed by atoms with E-state index in [1.807, 2.05) is 6.92 Å². The second-order valence-electron chi connectivity index (χ2n) is 5.65. The number of anilines is 1. The summed E-state index contributed by atoms with van der Waals surface area (Å²) in [6, 6.07) is 0.136. The highest BCUT2D eigenvalue weighted by atomic mass is 16.1. The van der Waals surface area contributed by atoms with Gasteiger partial charge in [0.05, 0.1) is 17.9 Å². The van der Waals surface area contributed by atoms with Crippen LogP contribution in [0.15, 0.2) is 24.8 Å². The van der Waals surface area contributed by atoms with E-state index in [9.17, 15) is 4.79 Å². The van der Waals surface area contributed by atoms with Crippen LogP contribution in [0.2, 0.25) is 0 Å². The van der Waals surface area contributed by atoms with Crippen LogP contribution in [0.1, 0.15) is 42.9 Å². The van der Waals surface area contributed by atoms with Crippen molar-refractivity contribution < 1.29 is 4.79 Å². The largest absolute Gasteiger partial charge is 0.352 e. The van der Waals surface area contributed by atoms with E-state index in [2.05, 4.69) is 30.2 Å². The molecule has 0 radical (unpaired) electrons. The van der Waals surface area contributed by atoms with Crippen LogP contribution >= 0.6 is 0 Å². The average Bonchev–Trinajstić information content (AvgIpc) is 3.03. The fourth-order valence-electron chi connectivity index (χ4n) is 2.92. The number of amides is 1. The first-order chi connectivity index (χ1) is 11.1. The van der Waals surface area contributed by atoms with E-state index < -0.39 is 0 Å². The van der Waals surface area contributed by atoms with Gasteiger partial charge in [-0.1, -0.05) is 0 Å². The van der Waals surface area contributed by atoms with E-state index in [0.29, 0.717) is 6.54 Å². The summed E-state index contributed by atoms with van der Waals surface area (Å²) in [6.07, 6.45) is 9.03. The van der Waals surface area contributed by atoms with Crippen molar-refractivity contribution in [3.05, 3.63) is 41.9 Å². The highest BCUT2D eigenvalue weighted by molar-refractivity contribution is 5.72. The highest BCUT2D eigenvalue weighted by Crippen LogP contribution is 2.35. The van der Waals surface area contributed by atoms with Gasteiger partial charge in [-0.05, 0) is 19.8 Å². The van der Waals surface area contributed by atoms with Gasteiger partial charge in [-0.15, -0.1) is 0 Å². The van der Waals surface area contributed by atoms with Crippen LogP contribution in [-0.4, -0.2) is 32.4 Å². The smallest absolute Gasteiger partial charge is 0.217 e. The van der Waals surface area contributed by atoms with Crippen LogP contribution in [0, 0.1) is 6.92 Å². The SMILES string of the molecule is CC(=O)NCc1cnc(C)nc1[C@@H]1CCCN1c1cnccn1. The molecular formula is C16H20N6O. The molecule has 3 rings (SSSR count). The van der Waals surface area contributed by atoms with Crippen molar-refractivity contribution in [1.29, 1.82) is 0 Å². The Morgan fingerprint density at radius 1 is 1.35 bits per heavy atom. The van der Waals surface area contributed by atoms with E-state index in [0.717, 1.165) is 42.3 Å². The molecule has 1 amide bonds. The van der Waals surface area contributed by atoms with Crippen molar-refractivity contribution >= 4 is 11.7 Å². The molecule has 0 saturated carbocycles. The van der Waals surface area contributed by atoms with Crippen LogP contribution in [0.5, 0.6) is 0 Å². The maximum atomic E-state index is 11.2. The van der Waals surface area contributed by atoms with Gasteiger partial charge < -0.3 is 10.2 Å². The quantitative estimate of drug-likeness (QED) is 0.922. The Balaban J connectivity index is 1.93. The Morgan fingerprint density at radius 2 is 2.22 bits per heavy atom. The Hall–Kier alpha value is -2.57. The van der Waals surface area contributed by atoms with E-state index in [4.69, 9.17) is 0 Å². The number of hydrogen-bond acceptors (Lipinski definition) is 6. The van der Waals surface area contributed by atoms with Crippen LogP contribution in [0.25, 0.3) is 0 Å². The number of aromatic nitrogens is 4. The van der Waals surface area contributed by atoms with Crippen molar-refractivity contribution in [2.24, 2.45) is 0 Å². The van der Waals surface area contributed by atoms with Crippen LogP contribution < -0.4 is 10.2 Å². The number of carbonyl (C=O) groups is 1. The van der Waals surface area contributed by atoms with Gasteiger partial charge in [0, 0.05) is 44.2 Å². The fraction of sp³-hybridized carbons (Fsp3) is 0.438. The Kier molecular flexibility index (Phi) is 4.45. The molecule has 1 aliphatic heterocycles. The maximum absolute atomic E-state index is 11.2. The predicted molar refractivity (Wildman–Crippen MR) is 85.6 cm³/mol. The number of hydrogen-bond donors (Lipinski definition) is 1. The minimum absolute atomic E-state index is 0.0614. The molecule has 1 aliphatic rings. The first-order valence-corrected chi connectivity index (χ1v) is 7.74. The molecule has 7 nitrogen and oxygen atoms in total. The molecule has 3 heterocycles. The zero-order valence-electron chi connectivity index (χ0n) is 13.4. The number of carbonyl (C=O) groups excluding carboxylic acids is 1. The highest BCUT2D eigenvalue weighted by Gasteiger charge is 2.30. The minimum Gasteiger partial charge on any atom is -0.352 e. The Bertz CT molecular complexity index is 690. The lowest BCUT2D eigenvalue weighted by molar-refractivity contribution is -0.119. The molecule has 2 aromatic heterocycles. The summed E-state index contributed by atoms with van der Waals surface area (Å²) in [7, 11) is 0. The predicted octanol–water partition coefficient (Wildman–Crippen LogP) is 1.55. The molecule has 0 bridgehead atoms. The molecule has 1 N–H and O–H groups in total. The van der Waals surface area contributed by atoms with E-state index >= 15 is 0 Å². The van der Waals surface area contributed by atoms with E-state index in [1.54, 1.807) is 24.8 Å². The third-order valence-corrected chi connectivity index (χ3v) is 3.96. The van der Waals surface area contributed by atoms with E-state index in [-0.39, 0.29) is 11.9 Å². The summed E-state index contributed by atoms with van der Waals surface area (Å²) >= 11 is 0. The van der Waals surface area contributed by atoms with Crippen molar-refractivity contribution in [3.63, 3.8) is 0 Å². The van der Waals surface area contributed by atoms with Crippen molar-refractivity contribution in [3.8, 4) is 0 Å². The van der Waals surface area contributed by atoms with E-state index in [1.165, 1.54) is 6.92 Å².